The summed E-state index contributed by atoms with van der Waals surface area (Å²) in [5.74, 6) is -1.24. The van der Waals surface area contributed by atoms with Crippen LogP contribution in [0.15, 0.2) is 53.6 Å². The van der Waals surface area contributed by atoms with Gasteiger partial charge in [0.2, 0.25) is 0 Å². The van der Waals surface area contributed by atoms with Crippen LogP contribution in [-0.2, 0) is 16.2 Å². The summed E-state index contributed by atoms with van der Waals surface area (Å²) in [6.07, 6.45) is 2.15. The minimum Gasteiger partial charge on any atom is -0.489 e. The number of ether oxygens (including phenoxy) is 1. The van der Waals surface area contributed by atoms with E-state index in [0.29, 0.717) is 17.9 Å². The van der Waals surface area contributed by atoms with Gasteiger partial charge < -0.3 is 10.1 Å². The lowest BCUT2D eigenvalue weighted by atomic mass is 10.2. The number of amides is 2. The standard InChI is InChI=1S/C20H22FN3O3/c1-3-14(2)23-19(25)20(26)24-22-12-16-5-4-6-18(11-16)27-13-15-7-9-17(21)10-8-15/h4-12,14H,3,13H2,1-2H3,(H,23,25)(H,24,26)/b22-12-/t14-/m1/s1. The van der Waals surface area contributed by atoms with E-state index in [4.69, 9.17) is 4.74 Å². The number of nitrogens with zero attached hydrogens (tertiary/aromatic N) is 1. The molecule has 2 N–H and O–H groups in total. The Balaban J connectivity index is 1.87. The first-order valence-corrected chi connectivity index (χ1v) is 8.59. The third-order valence-electron chi connectivity index (χ3n) is 3.75. The molecule has 0 radical (unpaired) electrons. The second-order valence-electron chi connectivity index (χ2n) is 5.97. The quantitative estimate of drug-likeness (QED) is 0.446. The molecule has 0 aromatic heterocycles. The summed E-state index contributed by atoms with van der Waals surface area (Å²) in [4.78, 5) is 23.3. The molecule has 2 aromatic rings. The van der Waals surface area contributed by atoms with Gasteiger partial charge in [-0.2, -0.15) is 5.10 Å². The Hall–Kier alpha value is -3.22. The van der Waals surface area contributed by atoms with Gasteiger partial charge in [-0.1, -0.05) is 31.2 Å². The van der Waals surface area contributed by atoms with Crippen LogP contribution in [0.3, 0.4) is 0 Å². The van der Waals surface area contributed by atoms with Crippen LogP contribution in [0.2, 0.25) is 0 Å². The van der Waals surface area contributed by atoms with Gasteiger partial charge in [0.15, 0.2) is 0 Å². The van der Waals surface area contributed by atoms with E-state index >= 15 is 0 Å². The van der Waals surface area contributed by atoms with Crippen molar-refractivity contribution in [3.05, 3.63) is 65.5 Å². The van der Waals surface area contributed by atoms with Crippen LogP contribution in [-0.4, -0.2) is 24.1 Å². The summed E-state index contributed by atoms with van der Waals surface area (Å²) in [5, 5.41) is 6.34. The number of rotatable bonds is 7. The van der Waals surface area contributed by atoms with Crippen molar-refractivity contribution in [2.45, 2.75) is 32.9 Å². The smallest absolute Gasteiger partial charge is 0.329 e. The van der Waals surface area contributed by atoms with E-state index < -0.39 is 11.8 Å². The van der Waals surface area contributed by atoms with Crippen LogP contribution in [0, 0.1) is 5.82 Å². The van der Waals surface area contributed by atoms with Gasteiger partial charge in [0.05, 0.1) is 6.21 Å². The van der Waals surface area contributed by atoms with E-state index in [-0.39, 0.29) is 11.9 Å². The highest BCUT2D eigenvalue weighted by Gasteiger charge is 2.14. The predicted octanol–water partition coefficient (Wildman–Crippen LogP) is 2.77. The number of hydrogen-bond acceptors (Lipinski definition) is 4. The zero-order chi connectivity index (χ0) is 19.6. The Bertz CT molecular complexity index is 806. The fraction of sp³-hybridized carbons (Fsp3) is 0.250. The van der Waals surface area contributed by atoms with Crippen LogP contribution in [0.4, 0.5) is 4.39 Å². The summed E-state index contributed by atoms with van der Waals surface area (Å²) in [6.45, 7) is 4.02. The van der Waals surface area contributed by atoms with Gasteiger partial charge in [0.1, 0.15) is 18.2 Å². The number of benzene rings is 2. The van der Waals surface area contributed by atoms with Gasteiger partial charge >= 0.3 is 11.8 Å². The maximum atomic E-state index is 12.9. The Morgan fingerprint density at radius 3 is 2.63 bits per heavy atom. The first-order chi connectivity index (χ1) is 13.0. The van der Waals surface area contributed by atoms with E-state index in [2.05, 4.69) is 15.8 Å². The minimum absolute atomic E-state index is 0.0813. The topological polar surface area (TPSA) is 79.8 Å². The van der Waals surface area contributed by atoms with Crippen LogP contribution < -0.4 is 15.5 Å². The first-order valence-electron chi connectivity index (χ1n) is 8.59. The summed E-state index contributed by atoms with van der Waals surface area (Å²) in [6, 6.07) is 13.0. The number of nitrogens with one attached hydrogen (secondary N) is 2. The molecule has 0 fully saturated rings. The molecular formula is C20H22FN3O3. The average Bonchev–Trinajstić information content (AvgIpc) is 2.67. The molecule has 0 aliphatic rings. The number of hydrazone groups is 1. The fourth-order valence-corrected chi connectivity index (χ4v) is 2.04. The number of carbonyl (C=O) groups is 2. The van der Waals surface area contributed by atoms with Crippen molar-refractivity contribution in [3.63, 3.8) is 0 Å². The van der Waals surface area contributed by atoms with Crippen LogP contribution in [0.5, 0.6) is 5.75 Å². The lowest BCUT2D eigenvalue weighted by Gasteiger charge is -2.09. The Morgan fingerprint density at radius 1 is 1.19 bits per heavy atom. The molecule has 2 amide bonds. The zero-order valence-corrected chi connectivity index (χ0v) is 15.2. The SMILES string of the molecule is CC[C@@H](C)NC(=O)C(=O)N/N=C\c1cccc(OCc2ccc(F)cc2)c1. The second kappa shape index (κ2) is 10.1. The van der Waals surface area contributed by atoms with Gasteiger partial charge in [0, 0.05) is 6.04 Å². The van der Waals surface area contributed by atoms with Gasteiger partial charge in [-0.3, -0.25) is 9.59 Å². The molecule has 0 unspecified atom stereocenters. The highest BCUT2D eigenvalue weighted by atomic mass is 19.1. The van der Waals surface area contributed by atoms with Crippen molar-refractivity contribution in [1.29, 1.82) is 0 Å². The van der Waals surface area contributed by atoms with Crippen molar-refractivity contribution in [3.8, 4) is 5.75 Å². The summed E-state index contributed by atoms with van der Waals surface area (Å²) in [5.41, 5.74) is 3.72. The summed E-state index contributed by atoms with van der Waals surface area (Å²) < 4.78 is 18.6. The Kier molecular flexibility index (Phi) is 7.49. The van der Waals surface area contributed by atoms with Gasteiger partial charge in [-0.15, -0.1) is 0 Å². The van der Waals surface area contributed by atoms with E-state index in [1.807, 2.05) is 13.8 Å². The van der Waals surface area contributed by atoms with Crippen molar-refractivity contribution >= 4 is 18.0 Å². The molecule has 7 heteroatoms. The van der Waals surface area contributed by atoms with E-state index in [9.17, 15) is 14.0 Å². The molecule has 27 heavy (non-hydrogen) atoms. The molecular weight excluding hydrogens is 349 g/mol. The van der Waals surface area contributed by atoms with Crippen molar-refractivity contribution in [2.24, 2.45) is 5.10 Å². The first kappa shape index (κ1) is 20.1. The molecule has 0 saturated carbocycles. The molecule has 0 aliphatic heterocycles. The highest BCUT2D eigenvalue weighted by molar-refractivity contribution is 6.35. The number of carbonyl (C=O) groups excluding carboxylic acids is 2. The summed E-state index contributed by atoms with van der Waals surface area (Å²) >= 11 is 0. The van der Waals surface area contributed by atoms with Gasteiger partial charge in [0.25, 0.3) is 0 Å². The average molecular weight is 371 g/mol. The molecule has 142 valence electrons. The Labute approximate surface area is 157 Å². The van der Waals surface area contributed by atoms with E-state index in [1.54, 1.807) is 36.4 Å². The maximum Gasteiger partial charge on any atom is 0.329 e. The third kappa shape index (κ3) is 6.89. The monoisotopic (exact) mass is 371 g/mol. The lowest BCUT2D eigenvalue weighted by molar-refractivity contribution is -0.139. The van der Waals surface area contributed by atoms with Crippen LogP contribution in [0.25, 0.3) is 0 Å². The molecule has 0 bridgehead atoms. The minimum atomic E-state index is -0.824. The Morgan fingerprint density at radius 2 is 1.93 bits per heavy atom. The molecule has 2 rings (SSSR count). The van der Waals surface area contributed by atoms with E-state index in [1.165, 1.54) is 18.3 Å². The second-order valence-corrected chi connectivity index (χ2v) is 5.97. The number of hydrogen-bond donors (Lipinski definition) is 2. The summed E-state index contributed by atoms with van der Waals surface area (Å²) in [7, 11) is 0. The van der Waals surface area contributed by atoms with Crippen LogP contribution >= 0.6 is 0 Å². The highest BCUT2D eigenvalue weighted by Crippen LogP contribution is 2.14. The van der Waals surface area contributed by atoms with Crippen LogP contribution in [0.1, 0.15) is 31.4 Å². The largest absolute Gasteiger partial charge is 0.489 e. The fourth-order valence-electron chi connectivity index (χ4n) is 2.04. The lowest BCUT2D eigenvalue weighted by Crippen LogP contribution is -2.41. The maximum absolute atomic E-state index is 12.9. The van der Waals surface area contributed by atoms with Crippen molar-refractivity contribution in [2.75, 3.05) is 0 Å². The number of halogens is 1. The zero-order valence-electron chi connectivity index (χ0n) is 15.2. The molecule has 0 heterocycles. The predicted molar refractivity (Wildman–Crippen MR) is 101 cm³/mol. The normalized spacial score (nSPS) is 11.8. The molecule has 0 spiro atoms. The van der Waals surface area contributed by atoms with Crippen molar-refractivity contribution < 1.29 is 18.7 Å². The van der Waals surface area contributed by atoms with Crippen molar-refractivity contribution in [1.82, 2.24) is 10.7 Å². The molecule has 1 atom stereocenters. The van der Waals surface area contributed by atoms with Gasteiger partial charge in [-0.25, -0.2) is 9.82 Å². The molecule has 2 aromatic carbocycles. The molecule has 6 nitrogen and oxygen atoms in total. The molecule has 0 aliphatic carbocycles. The van der Waals surface area contributed by atoms with E-state index in [0.717, 1.165) is 12.0 Å². The van der Waals surface area contributed by atoms with Gasteiger partial charge in [-0.05, 0) is 48.7 Å². The third-order valence-corrected chi connectivity index (χ3v) is 3.75. The molecule has 0 saturated heterocycles.